The third-order valence-corrected chi connectivity index (χ3v) is 3.48. The average molecular weight is 213 g/mol. The molecule has 0 aromatic rings. The Morgan fingerprint density at radius 3 is 2.60 bits per heavy atom. The molecule has 3 nitrogen and oxygen atoms in total. The van der Waals surface area contributed by atoms with E-state index in [2.05, 4.69) is 19.2 Å². The van der Waals surface area contributed by atoms with Crippen molar-refractivity contribution in [3.63, 3.8) is 0 Å². The number of rotatable bonds is 5. The first kappa shape index (κ1) is 12.5. The van der Waals surface area contributed by atoms with Crippen LogP contribution in [-0.4, -0.2) is 23.2 Å². The smallest absolute Gasteiger partial charge is 0.306 e. The van der Waals surface area contributed by atoms with Gasteiger partial charge >= 0.3 is 5.97 Å². The Morgan fingerprint density at radius 1 is 1.40 bits per heavy atom. The molecule has 1 aliphatic rings. The molecule has 1 fully saturated rings. The molecule has 1 aliphatic carbocycles. The lowest BCUT2D eigenvalue weighted by molar-refractivity contribution is -0.143. The fraction of sp³-hybridized carbons (Fsp3) is 0.917. The molecule has 0 saturated heterocycles. The molecule has 2 unspecified atom stereocenters. The second-order valence-electron chi connectivity index (χ2n) is 4.58. The fourth-order valence-corrected chi connectivity index (χ4v) is 2.42. The summed E-state index contributed by atoms with van der Waals surface area (Å²) in [4.78, 5) is 10.9. The van der Waals surface area contributed by atoms with Gasteiger partial charge in [0.15, 0.2) is 0 Å². The van der Waals surface area contributed by atoms with E-state index in [9.17, 15) is 4.79 Å². The summed E-state index contributed by atoms with van der Waals surface area (Å²) in [6, 6.07) is 0.979. The van der Waals surface area contributed by atoms with Crippen molar-refractivity contribution in [2.24, 2.45) is 5.92 Å². The van der Waals surface area contributed by atoms with Crippen LogP contribution >= 0.6 is 0 Å². The molecule has 88 valence electrons. The van der Waals surface area contributed by atoms with Crippen LogP contribution in [0.1, 0.15) is 52.4 Å². The molecule has 15 heavy (non-hydrogen) atoms. The van der Waals surface area contributed by atoms with Gasteiger partial charge in [-0.05, 0) is 32.1 Å². The Kier molecular flexibility index (Phi) is 5.09. The lowest BCUT2D eigenvalue weighted by Crippen LogP contribution is -2.41. The van der Waals surface area contributed by atoms with Crippen LogP contribution in [0.15, 0.2) is 0 Å². The first-order valence-electron chi connectivity index (χ1n) is 6.16. The summed E-state index contributed by atoms with van der Waals surface area (Å²) < 4.78 is 0. The molecule has 0 spiro atoms. The highest BCUT2D eigenvalue weighted by molar-refractivity contribution is 5.70. The van der Waals surface area contributed by atoms with Crippen LogP contribution in [-0.2, 0) is 4.79 Å². The van der Waals surface area contributed by atoms with Gasteiger partial charge in [0.1, 0.15) is 0 Å². The van der Waals surface area contributed by atoms with Crippen molar-refractivity contribution in [1.29, 1.82) is 0 Å². The van der Waals surface area contributed by atoms with Crippen LogP contribution < -0.4 is 5.32 Å². The second-order valence-corrected chi connectivity index (χ2v) is 4.58. The quantitative estimate of drug-likeness (QED) is 0.737. The third kappa shape index (κ3) is 3.82. The molecule has 3 heteroatoms. The predicted molar refractivity (Wildman–Crippen MR) is 60.9 cm³/mol. The van der Waals surface area contributed by atoms with E-state index >= 15 is 0 Å². The van der Waals surface area contributed by atoms with Crippen LogP contribution in [0.4, 0.5) is 0 Å². The largest absolute Gasteiger partial charge is 0.481 e. The van der Waals surface area contributed by atoms with Crippen molar-refractivity contribution in [3.05, 3.63) is 0 Å². The molecule has 2 atom stereocenters. The Balaban J connectivity index is 2.38. The molecule has 0 aliphatic heterocycles. The van der Waals surface area contributed by atoms with E-state index < -0.39 is 5.97 Å². The molecular formula is C12H23NO2. The first-order chi connectivity index (χ1) is 7.17. The van der Waals surface area contributed by atoms with Gasteiger partial charge in [-0.1, -0.05) is 20.3 Å². The number of carbonyl (C=O) groups is 1. The minimum atomic E-state index is -0.619. The Labute approximate surface area is 92.3 Å². The van der Waals surface area contributed by atoms with E-state index in [0.717, 1.165) is 38.5 Å². The summed E-state index contributed by atoms with van der Waals surface area (Å²) in [5, 5.41) is 12.6. The maximum Gasteiger partial charge on any atom is 0.306 e. The molecule has 2 N–H and O–H groups in total. The van der Waals surface area contributed by atoms with E-state index in [1.54, 1.807) is 0 Å². The highest BCUT2D eigenvalue weighted by Gasteiger charge is 2.27. The first-order valence-corrected chi connectivity index (χ1v) is 6.16. The minimum Gasteiger partial charge on any atom is -0.481 e. The Hall–Kier alpha value is -0.570. The van der Waals surface area contributed by atoms with E-state index in [0.29, 0.717) is 12.1 Å². The normalized spacial score (nSPS) is 26.9. The number of hydrogen-bond donors (Lipinski definition) is 2. The maximum absolute atomic E-state index is 10.9. The zero-order valence-electron chi connectivity index (χ0n) is 9.83. The molecule has 0 bridgehead atoms. The zero-order valence-corrected chi connectivity index (χ0v) is 9.83. The molecule has 0 aromatic carbocycles. The molecule has 0 heterocycles. The Bertz CT molecular complexity index is 202. The zero-order chi connectivity index (χ0) is 11.3. The van der Waals surface area contributed by atoms with Crippen molar-refractivity contribution in [2.45, 2.75) is 64.5 Å². The van der Waals surface area contributed by atoms with Crippen molar-refractivity contribution in [3.8, 4) is 0 Å². The van der Waals surface area contributed by atoms with Crippen molar-refractivity contribution >= 4 is 5.97 Å². The van der Waals surface area contributed by atoms with Crippen molar-refractivity contribution in [2.75, 3.05) is 0 Å². The molecule has 0 amide bonds. The van der Waals surface area contributed by atoms with Crippen LogP contribution in [0.25, 0.3) is 0 Å². The van der Waals surface area contributed by atoms with Gasteiger partial charge in [0, 0.05) is 12.1 Å². The van der Waals surface area contributed by atoms with Gasteiger partial charge in [-0.15, -0.1) is 0 Å². The second kappa shape index (κ2) is 6.11. The van der Waals surface area contributed by atoms with E-state index in [1.165, 1.54) is 0 Å². The lowest BCUT2D eigenvalue weighted by atomic mass is 9.85. The number of aliphatic carboxylic acids is 1. The van der Waals surface area contributed by atoms with Crippen molar-refractivity contribution in [1.82, 2.24) is 5.32 Å². The summed E-state index contributed by atoms with van der Waals surface area (Å²) in [5.74, 6) is -0.739. The monoisotopic (exact) mass is 213 g/mol. The molecule has 0 aromatic heterocycles. The molecule has 0 radical (unpaired) electrons. The van der Waals surface area contributed by atoms with Crippen LogP contribution in [0.5, 0.6) is 0 Å². The summed E-state index contributed by atoms with van der Waals surface area (Å²) in [6.07, 6.45) is 6.12. The van der Waals surface area contributed by atoms with Crippen LogP contribution in [0.3, 0.4) is 0 Å². The number of carboxylic acids is 1. The van der Waals surface area contributed by atoms with Gasteiger partial charge in [0.25, 0.3) is 0 Å². The number of nitrogens with one attached hydrogen (secondary N) is 1. The predicted octanol–water partition coefficient (Wildman–Crippen LogP) is 2.41. The lowest BCUT2D eigenvalue weighted by Gasteiger charge is -2.30. The van der Waals surface area contributed by atoms with Gasteiger partial charge in [-0.25, -0.2) is 0 Å². The van der Waals surface area contributed by atoms with Gasteiger partial charge in [-0.2, -0.15) is 0 Å². The SMILES string of the molecule is CCC(CC)NC1CCCC(C(=O)O)C1. The average Bonchev–Trinajstić information content (AvgIpc) is 2.26. The van der Waals surface area contributed by atoms with Crippen LogP contribution in [0, 0.1) is 5.92 Å². The highest BCUT2D eigenvalue weighted by atomic mass is 16.4. The summed E-state index contributed by atoms with van der Waals surface area (Å²) in [7, 11) is 0. The maximum atomic E-state index is 10.9. The van der Waals surface area contributed by atoms with Gasteiger partial charge in [0.2, 0.25) is 0 Å². The van der Waals surface area contributed by atoms with E-state index in [4.69, 9.17) is 5.11 Å². The summed E-state index contributed by atoms with van der Waals surface area (Å²) >= 11 is 0. The summed E-state index contributed by atoms with van der Waals surface area (Å²) in [6.45, 7) is 4.36. The minimum absolute atomic E-state index is 0.120. The third-order valence-electron chi connectivity index (χ3n) is 3.48. The Morgan fingerprint density at radius 2 is 2.07 bits per heavy atom. The summed E-state index contributed by atoms with van der Waals surface area (Å²) in [5.41, 5.74) is 0. The highest BCUT2D eigenvalue weighted by Crippen LogP contribution is 2.25. The fourth-order valence-electron chi connectivity index (χ4n) is 2.42. The number of carboxylic acid groups (broad SMARTS) is 1. The van der Waals surface area contributed by atoms with E-state index in [-0.39, 0.29) is 5.92 Å². The van der Waals surface area contributed by atoms with Gasteiger partial charge < -0.3 is 10.4 Å². The molecular weight excluding hydrogens is 190 g/mol. The topological polar surface area (TPSA) is 49.3 Å². The van der Waals surface area contributed by atoms with Crippen LogP contribution in [0.2, 0.25) is 0 Å². The van der Waals surface area contributed by atoms with Gasteiger partial charge in [0.05, 0.1) is 5.92 Å². The molecule has 1 saturated carbocycles. The van der Waals surface area contributed by atoms with Crippen molar-refractivity contribution < 1.29 is 9.90 Å². The van der Waals surface area contributed by atoms with Gasteiger partial charge in [-0.3, -0.25) is 4.79 Å². The standard InChI is InChI=1S/C12H23NO2/c1-3-10(4-2)13-11-7-5-6-9(8-11)12(14)15/h9-11,13H,3-8H2,1-2H3,(H,14,15). The molecule has 1 rings (SSSR count). The van der Waals surface area contributed by atoms with E-state index in [1.807, 2.05) is 0 Å². The number of hydrogen-bond acceptors (Lipinski definition) is 2.